The first-order valence-corrected chi connectivity index (χ1v) is 9.19. The number of hydrogen-bond acceptors (Lipinski definition) is 3. The number of nitrogens with zero attached hydrogens (tertiary/aromatic N) is 1. The number of carboxylic acid groups (broad SMARTS) is 1. The first-order chi connectivity index (χ1) is 13.9. The number of hydrogen-bond donors (Lipinski definition) is 2. The molecule has 0 radical (unpaired) electrons. The molecule has 1 aromatic heterocycles. The second-order valence-corrected chi connectivity index (χ2v) is 7.45. The Morgan fingerprint density at radius 1 is 1.03 bits per heavy atom. The molecule has 29 heavy (non-hydrogen) atoms. The number of rotatable bonds is 3. The molecule has 0 amide bonds. The summed E-state index contributed by atoms with van der Waals surface area (Å²) in [5, 5.41) is 12.1. The van der Waals surface area contributed by atoms with Crippen molar-refractivity contribution in [2.75, 3.05) is 0 Å². The molecule has 1 aliphatic heterocycles. The predicted octanol–water partition coefficient (Wildman–Crippen LogP) is 3.72. The minimum Gasteiger partial charge on any atom is -0.477 e. The minimum atomic E-state index is -1.39. The van der Waals surface area contributed by atoms with E-state index in [1.807, 2.05) is 0 Å². The monoisotopic (exact) mass is 400 g/mol. The second kappa shape index (κ2) is 6.18. The molecule has 1 fully saturated rings. The fraction of sp³-hybridized carbons (Fsp3) is 0.238. The molecule has 8 heteroatoms. The van der Waals surface area contributed by atoms with Crippen LogP contribution in [0, 0.1) is 17.5 Å². The average Bonchev–Trinajstić information content (AvgIpc) is 3.39. The van der Waals surface area contributed by atoms with Gasteiger partial charge in [0, 0.05) is 53.0 Å². The molecule has 0 spiro atoms. The van der Waals surface area contributed by atoms with Crippen molar-refractivity contribution < 1.29 is 23.1 Å². The molecule has 3 aromatic rings. The van der Waals surface area contributed by atoms with Crippen molar-refractivity contribution in [3.63, 3.8) is 0 Å². The van der Waals surface area contributed by atoms with Crippen molar-refractivity contribution in [2.45, 2.75) is 32.0 Å². The summed E-state index contributed by atoms with van der Waals surface area (Å²) in [5.41, 5.74) is -0.940. The number of benzene rings is 2. The Kier molecular flexibility index (Phi) is 3.82. The lowest BCUT2D eigenvalue weighted by molar-refractivity contribution is 0.0695. The molecule has 0 atom stereocenters. The predicted molar refractivity (Wildman–Crippen MR) is 99.3 cm³/mol. The summed E-state index contributed by atoms with van der Waals surface area (Å²) in [7, 11) is 0. The van der Waals surface area contributed by atoms with Gasteiger partial charge in [-0.1, -0.05) is 0 Å². The van der Waals surface area contributed by atoms with Crippen LogP contribution in [0.2, 0.25) is 0 Å². The molecule has 5 nitrogen and oxygen atoms in total. The maximum Gasteiger partial charge on any atom is 0.341 e. The molecule has 0 bridgehead atoms. The van der Waals surface area contributed by atoms with Crippen LogP contribution in [-0.4, -0.2) is 15.6 Å². The van der Waals surface area contributed by atoms with Crippen molar-refractivity contribution in [1.82, 2.24) is 9.88 Å². The van der Waals surface area contributed by atoms with E-state index in [9.17, 15) is 23.5 Å². The molecule has 5 rings (SSSR count). The lowest BCUT2D eigenvalue weighted by Crippen LogP contribution is -2.19. The first-order valence-electron chi connectivity index (χ1n) is 9.19. The highest BCUT2D eigenvalue weighted by Crippen LogP contribution is 2.39. The molecule has 2 N–H and O–H groups in total. The SMILES string of the molecule is O=C(O)c1cn(C2CC2)c2cc(-c3cc(F)c4c(c3F)CNC4)c(F)cc2c1=O. The summed E-state index contributed by atoms with van der Waals surface area (Å²) in [6, 6.07) is 3.18. The summed E-state index contributed by atoms with van der Waals surface area (Å²) in [6.45, 7) is 0.355. The van der Waals surface area contributed by atoms with Gasteiger partial charge in [-0.05, 0) is 31.0 Å². The summed E-state index contributed by atoms with van der Waals surface area (Å²) >= 11 is 0. The summed E-state index contributed by atoms with van der Waals surface area (Å²) in [4.78, 5) is 24.0. The molecule has 2 heterocycles. The molecule has 0 saturated heterocycles. The zero-order chi connectivity index (χ0) is 20.4. The number of aromatic nitrogens is 1. The first kappa shape index (κ1) is 17.9. The Balaban J connectivity index is 1.82. The summed E-state index contributed by atoms with van der Waals surface area (Å²) in [5.74, 6) is -3.63. The van der Waals surface area contributed by atoms with E-state index in [4.69, 9.17) is 0 Å². The smallest absolute Gasteiger partial charge is 0.341 e. The largest absolute Gasteiger partial charge is 0.477 e. The fourth-order valence-corrected chi connectivity index (χ4v) is 3.98. The van der Waals surface area contributed by atoms with Gasteiger partial charge in [-0.2, -0.15) is 0 Å². The third kappa shape index (κ3) is 2.66. The Morgan fingerprint density at radius 3 is 2.45 bits per heavy atom. The highest BCUT2D eigenvalue weighted by Gasteiger charge is 2.29. The maximum absolute atomic E-state index is 15.0. The zero-order valence-electron chi connectivity index (χ0n) is 15.1. The van der Waals surface area contributed by atoms with E-state index < -0.39 is 34.4 Å². The molecule has 1 aliphatic carbocycles. The number of aromatic carboxylic acids is 1. The van der Waals surface area contributed by atoms with Gasteiger partial charge in [-0.3, -0.25) is 4.79 Å². The molecule has 0 unspecified atom stereocenters. The third-order valence-electron chi connectivity index (χ3n) is 5.61. The number of halogens is 3. The van der Waals surface area contributed by atoms with Gasteiger partial charge in [0.15, 0.2) is 0 Å². The van der Waals surface area contributed by atoms with E-state index in [0.717, 1.165) is 25.0 Å². The number of fused-ring (bicyclic) bond motifs is 2. The Labute approximate surface area is 162 Å². The van der Waals surface area contributed by atoms with Gasteiger partial charge in [0.25, 0.3) is 0 Å². The lowest BCUT2D eigenvalue weighted by atomic mass is 9.97. The third-order valence-corrected chi connectivity index (χ3v) is 5.61. The van der Waals surface area contributed by atoms with E-state index in [0.29, 0.717) is 5.52 Å². The zero-order valence-corrected chi connectivity index (χ0v) is 15.1. The molecule has 2 aromatic carbocycles. The molecular weight excluding hydrogens is 385 g/mol. The van der Waals surface area contributed by atoms with Gasteiger partial charge in [-0.25, -0.2) is 18.0 Å². The summed E-state index contributed by atoms with van der Waals surface area (Å²) in [6.07, 6.45) is 2.82. The van der Waals surface area contributed by atoms with Crippen molar-refractivity contribution in [3.05, 3.63) is 68.8 Å². The van der Waals surface area contributed by atoms with E-state index in [-0.39, 0.29) is 46.8 Å². The molecule has 2 aliphatic rings. The van der Waals surface area contributed by atoms with Gasteiger partial charge in [0.2, 0.25) is 5.43 Å². The van der Waals surface area contributed by atoms with Crippen LogP contribution >= 0.6 is 0 Å². The van der Waals surface area contributed by atoms with Crippen molar-refractivity contribution in [3.8, 4) is 11.1 Å². The van der Waals surface area contributed by atoms with E-state index in [1.54, 1.807) is 4.57 Å². The molecule has 148 valence electrons. The van der Waals surface area contributed by atoms with E-state index in [2.05, 4.69) is 5.32 Å². The van der Waals surface area contributed by atoms with E-state index in [1.165, 1.54) is 12.3 Å². The van der Waals surface area contributed by atoms with Gasteiger partial charge < -0.3 is 15.0 Å². The minimum absolute atomic E-state index is 0.0136. The van der Waals surface area contributed by atoms with Crippen LogP contribution in [0.4, 0.5) is 13.2 Å². The Morgan fingerprint density at radius 2 is 1.76 bits per heavy atom. The number of pyridine rings is 1. The number of nitrogens with one attached hydrogen (secondary N) is 1. The van der Waals surface area contributed by atoms with Crippen molar-refractivity contribution in [1.29, 1.82) is 0 Å². The number of carboxylic acids is 1. The van der Waals surface area contributed by atoms with Crippen LogP contribution in [0.3, 0.4) is 0 Å². The van der Waals surface area contributed by atoms with Crippen molar-refractivity contribution >= 4 is 16.9 Å². The lowest BCUT2D eigenvalue weighted by Gasteiger charge is -2.15. The van der Waals surface area contributed by atoms with Gasteiger partial charge in [-0.15, -0.1) is 0 Å². The normalized spacial score (nSPS) is 15.7. The van der Waals surface area contributed by atoms with Gasteiger partial charge in [0.1, 0.15) is 23.0 Å². The van der Waals surface area contributed by atoms with Crippen LogP contribution in [0.1, 0.15) is 40.4 Å². The van der Waals surface area contributed by atoms with Crippen LogP contribution < -0.4 is 10.7 Å². The molecule has 1 saturated carbocycles. The Hall–Kier alpha value is -3.13. The van der Waals surface area contributed by atoms with Gasteiger partial charge in [0.05, 0.1) is 5.52 Å². The van der Waals surface area contributed by atoms with Crippen LogP contribution in [-0.2, 0) is 13.1 Å². The second-order valence-electron chi connectivity index (χ2n) is 7.45. The van der Waals surface area contributed by atoms with Crippen molar-refractivity contribution in [2.24, 2.45) is 0 Å². The Bertz CT molecular complexity index is 1280. The number of carbonyl (C=O) groups is 1. The maximum atomic E-state index is 15.0. The van der Waals surface area contributed by atoms with E-state index >= 15 is 4.39 Å². The average molecular weight is 400 g/mol. The standard InChI is InChI=1S/C21H15F3N2O3/c22-16-4-12-18(26(9-1-2-9)8-15(20(12)27)21(28)29)5-10(16)11-3-17(23)13-6-25-7-14(13)19(11)24/h3-5,8-9,25H,1-2,6-7H2,(H,28,29). The van der Waals surface area contributed by atoms with Gasteiger partial charge >= 0.3 is 5.97 Å². The summed E-state index contributed by atoms with van der Waals surface area (Å²) < 4.78 is 46.0. The topological polar surface area (TPSA) is 71.3 Å². The fourth-order valence-electron chi connectivity index (χ4n) is 3.98. The van der Waals surface area contributed by atoms with Crippen LogP contribution in [0.5, 0.6) is 0 Å². The highest BCUT2D eigenvalue weighted by atomic mass is 19.1. The highest BCUT2D eigenvalue weighted by molar-refractivity contribution is 5.94. The quantitative estimate of drug-likeness (QED) is 0.703. The molecular formula is C21H15F3N2O3. The van der Waals surface area contributed by atoms with Crippen LogP contribution in [0.15, 0.2) is 29.2 Å². The van der Waals surface area contributed by atoms with Crippen LogP contribution in [0.25, 0.3) is 22.0 Å².